The third kappa shape index (κ3) is 2.94. The molecule has 0 aromatic carbocycles. The lowest BCUT2D eigenvalue weighted by Crippen LogP contribution is -2.25. The molecule has 1 saturated heterocycles. The molecule has 1 atom stereocenters. The molecule has 0 spiro atoms. The molecule has 0 radical (unpaired) electrons. The molecule has 3 rings (SSSR count). The van der Waals surface area contributed by atoms with Crippen LogP contribution in [-0.4, -0.2) is 50.7 Å². The minimum Gasteiger partial charge on any atom is -0.361 e. The highest BCUT2D eigenvalue weighted by Gasteiger charge is 2.28. The summed E-state index contributed by atoms with van der Waals surface area (Å²) in [6.07, 6.45) is 4.18. The third-order valence-electron chi connectivity index (χ3n) is 4.20. The monoisotopic (exact) mass is 301 g/mol. The van der Waals surface area contributed by atoms with E-state index in [1.54, 1.807) is 0 Å². The maximum atomic E-state index is 4.43. The van der Waals surface area contributed by atoms with Crippen LogP contribution in [-0.2, 0) is 13.1 Å². The topological polar surface area (TPSA) is 63.0 Å². The summed E-state index contributed by atoms with van der Waals surface area (Å²) in [5.74, 6) is 0.890. The molecule has 7 nitrogen and oxygen atoms in total. The van der Waals surface area contributed by atoms with Crippen LogP contribution in [0.4, 0.5) is 5.82 Å². The van der Waals surface area contributed by atoms with Crippen molar-refractivity contribution in [1.29, 1.82) is 0 Å². The summed E-state index contributed by atoms with van der Waals surface area (Å²) in [4.78, 5) is 4.42. The number of aromatic nitrogens is 5. The summed E-state index contributed by atoms with van der Waals surface area (Å²) in [5.41, 5.74) is 2.21. The van der Waals surface area contributed by atoms with Gasteiger partial charge in [0.2, 0.25) is 0 Å². The van der Waals surface area contributed by atoms with Crippen molar-refractivity contribution in [2.45, 2.75) is 38.9 Å². The van der Waals surface area contributed by atoms with Crippen molar-refractivity contribution in [1.82, 2.24) is 30.1 Å². The number of hydrogen-bond donors (Lipinski definition) is 0. The molecule has 0 aliphatic carbocycles. The molecule has 22 heavy (non-hydrogen) atoms. The van der Waals surface area contributed by atoms with E-state index in [-0.39, 0.29) is 0 Å². The van der Waals surface area contributed by atoms with Crippen LogP contribution >= 0.6 is 0 Å². The van der Waals surface area contributed by atoms with Crippen LogP contribution < -0.4 is 4.90 Å². The second-order valence-corrected chi connectivity index (χ2v) is 5.88. The molecule has 1 aliphatic heterocycles. The van der Waals surface area contributed by atoms with Crippen molar-refractivity contribution in [3.8, 4) is 0 Å². The van der Waals surface area contributed by atoms with Crippen LogP contribution in [0.2, 0.25) is 0 Å². The van der Waals surface area contributed by atoms with Crippen molar-refractivity contribution in [3.05, 3.63) is 29.7 Å². The van der Waals surface area contributed by atoms with E-state index in [2.05, 4.69) is 38.4 Å². The van der Waals surface area contributed by atoms with Gasteiger partial charge in [-0.25, -0.2) is 4.68 Å². The zero-order valence-electron chi connectivity index (χ0n) is 13.5. The molecule has 1 fully saturated rings. The zero-order chi connectivity index (χ0) is 15.5. The minimum atomic E-state index is 0.337. The van der Waals surface area contributed by atoms with Crippen molar-refractivity contribution in [2.75, 3.05) is 25.5 Å². The Morgan fingerprint density at radius 3 is 2.82 bits per heavy atom. The van der Waals surface area contributed by atoms with E-state index in [9.17, 15) is 0 Å². The zero-order valence-corrected chi connectivity index (χ0v) is 13.5. The number of hydrogen-bond acceptors (Lipinski definition) is 6. The van der Waals surface area contributed by atoms with E-state index in [0.717, 1.165) is 43.3 Å². The van der Waals surface area contributed by atoms with Crippen LogP contribution in [0.1, 0.15) is 37.2 Å². The van der Waals surface area contributed by atoms with Crippen LogP contribution in [0, 0.1) is 0 Å². The molecule has 1 unspecified atom stereocenters. The number of nitrogens with zero attached hydrogens (tertiary/aromatic N) is 7. The van der Waals surface area contributed by atoms with Gasteiger partial charge in [-0.3, -0.25) is 4.90 Å². The maximum Gasteiger partial charge on any atom is 0.150 e. The van der Waals surface area contributed by atoms with E-state index < -0.39 is 0 Å². The minimum absolute atomic E-state index is 0.337. The van der Waals surface area contributed by atoms with E-state index in [4.69, 9.17) is 0 Å². The van der Waals surface area contributed by atoms with Gasteiger partial charge in [-0.15, -0.1) is 10.2 Å². The SMILES string of the molecule is CCn1nncc1CN1CCCC1c1ccc(N(C)C)nn1. The number of anilines is 1. The Hall–Kier alpha value is -2.02. The van der Waals surface area contributed by atoms with E-state index in [1.807, 2.05) is 35.9 Å². The summed E-state index contributed by atoms with van der Waals surface area (Å²) in [6, 6.07) is 4.47. The van der Waals surface area contributed by atoms with Gasteiger partial charge in [-0.1, -0.05) is 5.21 Å². The Morgan fingerprint density at radius 2 is 2.14 bits per heavy atom. The summed E-state index contributed by atoms with van der Waals surface area (Å²) < 4.78 is 1.95. The van der Waals surface area contributed by atoms with Gasteiger partial charge in [-0.05, 0) is 38.4 Å². The average molecular weight is 301 g/mol. The summed E-state index contributed by atoms with van der Waals surface area (Å²) in [6.45, 7) is 4.88. The lowest BCUT2D eigenvalue weighted by molar-refractivity contribution is 0.236. The highest BCUT2D eigenvalue weighted by atomic mass is 15.4. The summed E-state index contributed by atoms with van der Waals surface area (Å²) in [7, 11) is 3.95. The Balaban J connectivity index is 1.75. The number of aryl methyl sites for hydroxylation is 1. The molecule has 3 heterocycles. The maximum absolute atomic E-state index is 4.43. The van der Waals surface area contributed by atoms with Crippen molar-refractivity contribution < 1.29 is 0 Å². The van der Waals surface area contributed by atoms with Crippen LogP contribution in [0.5, 0.6) is 0 Å². The van der Waals surface area contributed by atoms with Gasteiger partial charge in [0, 0.05) is 27.2 Å². The van der Waals surface area contributed by atoms with Gasteiger partial charge in [0.1, 0.15) is 0 Å². The Kier molecular flexibility index (Phi) is 4.33. The molecule has 0 N–H and O–H groups in total. The number of rotatable bonds is 5. The second kappa shape index (κ2) is 6.39. The molecule has 118 valence electrons. The standard InChI is InChI=1S/C15H23N7/c1-4-22-12(10-16-19-22)11-21-9-5-6-14(21)13-7-8-15(18-17-13)20(2)3/h7-8,10,14H,4-6,9,11H2,1-3H3. The highest BCUT2D eigenvalue weighted by Crippen LogP contribution is 2.32. The molecule has 0 amide bonds. The van der Waals surface area contributed by atoms with Crippen LogP contribution in [0.3, 0.4) is 0 Å². The first-order valence-corrected chi connectivity index (χ1v) is 7.81. The Morgan fingerprint density at radius 1 is 1.27 bits per heavy atom. The largest absolute Gasteiger partial charge is 0.361 e. The van der Waals surface area contributed by atoms with Crippen molar-refractivity contribution in [2.24, 2.45) is 0 Å². The Labute approximate surface area is 130 Å². The first kappa shape index (κ1) is 14.9. The molecule has 7 heteroatoms. The molecule has 2 aromatic heterocycles. The molecule has 0 bridgehead atoms. The molecule has 1 aliphatic rings. The average Bonchev–Trinajstić information content (AvgIpc) is 3.17. The predicted octanol–water partition coefficient (Wildman–Crippen LogP) is 1.49. The Bertz CT molecular complexity index is 605. The first-order chi connectivity index (χ1) is 10.7. The summed E-state index contributed by atoms with van der Waals surface area (Å²) in [5, 5.41) is 16.9. The summed E-state index contributed by atoms with van der Waals surface area (Å²) >= 11 is 0. The van der Waals surface area contributed by atoms with Crippen LogP contribution in [0.25, 0.3) is 0 Å². The lowest BCUT2D eigenvalue weighted by atomic mass is 10.1. The van der Waals surface area contributed by atoms with Gasteiger partial charge in [0.05, 0.1) is 23.6 Å². The fourth-order valence-corrected chi connectivity index (χ4v) is 2.98. The van der Waals surface area contributed by atoms with Gasteiger partial charge < -0.3 is 4.90 Å². The molecular formula is C15H23N7. The molecule has 2 aromatic rings. The molecular weight excluding hydrogens is 278 g/mol. The van der Waals surface area contributed by atoms with Crippen molar-refractivity contribution in [3.63, 3.8) is 0 Å². The fourth-order valence-electron chi connectivity index (χ4n) is 2.98. The van der Waals surface area contributed by atoms with Gasteiger partial charge in [-0.2, -0.15) is 5.10 Å². The van der Waals surface area contributed by atoms with Crippen LogP contribution in [0.15, 0.2) is 18.3 Å². The normalized spacial score (nSPS) is 18.8. The smallest absolute Gasteiger partial charge is 0.150 e. The van der Waals surface area contributed by atoms with Crippen molar-refractivity contribution >= 4 is 5.82 Å². The van der Waals surface area contributed by atoms with E-state index >= 15 is 0 Å². The highest BCUT2D eigenvalue weighted by molar-refractivity contribution is 5.35. The quantitative estimate of drug-likeness (QED) is 0.834. The first-order valence-electron chi connectivity index (χ1n) is 7.81. The number of likely N-dealkylation sites (tertiary alicyclic amines) is 1. The van der Waals surface area contributed by atoms with E-state index in [1.165, 1.54) is 6.42 Å². The van der Waals surface area contributed by atoms with Gasteiger partial charge in [0.25, 0.3) is 0 Å². The predicted molar refractivity (Wildman–Crippen MR) is 84.4 cm³/mol. The molecule has 0 saturated carbocycles. The third-order valence-corrected chi connectivity index (χ3v) is 4.20. The second-order valence-electron chi connectivity index (χ2n) is 5.88. The lowest BCUT2D eigenvalue weighted by Gasteiger charge is -2.23. The van der Waals surface area contributed by atoms with Gasteiger partial charge >= 0.3 is 0 Å². The van der Waals surface area contributed by atoms with Gasteiger partial charge in [0.15, 0.2) is 5.82 Å². The fraction of sp³-hybridized carbons (Fsp3) is 0.600. The van der Waals surface area contributed by atoms with E-state index in [0.29, 0.717) is 6.04 Å².